The minimum Gasteiger partial charge on any atom is -0.479 e. The summed E-state index contributed by atoms with van der Waals surface area (Å²) in [6.45, 7) is 4.85. The summed E-state index contributed by atoms with van der Waals surface area (Å²) in [6, 6.07) is 4.22. The Balaban J connectivity index is 2.27. The molecule has 1 heterocycles. The SMILES string of the molecule is CC(C)CC1=NN(C(=O)C(C)Oc2ccc(Cl)cc2Cl)C(O)(C(F)(F)F)C1. The zero-order valence-electron chi connectivity index (χ0n) is 14.8. The van der Waals surface area contributed by atoms with Gasteiger partial charge in [-0.25, -0.2) is 0 Å². The standard InChI is InChI=1S/C17H19Cl2F3N2O3/c1-9(2)6-12-8-16(26,17(20,21)22)24(23-12)15(25)10(3)27-14-5-4-11(18)7-13(14)19/h4-5,7,9-10,26H,6,8H2,1-3H3. The average Bonchev–Trinajstić information content (AvgIpc) is 2.86. The normalized spacial score (nSPS) is 21.4. The molecular formula is C17H19Cl2F3N2O3. The lowest BCUT2D eigenvalue weighted by atomic mass is 9.99. The Morgan fingerprint density at radius 3 is 2.52 bits per heavy atom. The highest BCUT2D eigenvalue weighted by Crippen LogP contribution is 2.41. The van der Waals surface area contributed by atoms with Crippen LogP contribution in [0.3, 0.4) is 0 Å². The van der Waals surface area contributed by atoms with Crippen molar-refractivity contribution in [3.63, 3.8) is 0 Å². The van der Waals surface area contributed by atoms with E-state index >= 15 is 0 Å². The van der Waals surface area contributed by atoms with E-state index in [1.54, 1.807) is 13.8 Å². The van der Waals surface area contributed by atoms with Crippen LogP contribution in [0, 0.1) is 5.92 Å². The van der Waals surface area contributed by atoms with E-state index in [0.717, 1.165) is 0 Å². The summed E-state index contributed by atoms with van der Waals surface area (Å²) in [5.41, 5.74) is -3.31. The number of rotatable bonds is 5. The molecule has 1 N–H and O–H groups in total. The predicted molar refractivity (Wildman–Crippen MR) is 95.9 cm³/mol. The van der Waals surface area contributed by atoms with Gasteiger partial charge in [-0.1, -0.05) is 37.0 Å². The number of benzene rings is 1. The van der Waals surface area contributed by atoms with Crippen molar-refractivity contribution in [1.29, 1.82) is 0 Å². The predicted octanol–water partition coefficient (Wildman–Crippen LogP) is 4.65. The fourth-order valence-electron chi connectivity index (χ4n) is 2.64. The summed E-state index contributed by atoms with van der Waals surface area (Å²) in [5.74, 6) is -1.06. The average molecular weight is 427 g/mol. The monoisotopic (exact) mass is 426 g/mol. The van der Waals surface area contributed by atoms with Crippen LogP contribution in [0.2, 0.25) is 10.0 Å². The first-order valence-electron chi connectivity index (χ1n) is 8.16. The van der Waals surface area contributed by atoms with Gasteiger partial charge in [0.1, 0.15) is 5.75 Å². The second-order valence-electron chi connectivity index (χ2n) is 6.74. The number of alkyl halides is 3. The van der Waals surface area contributed by atoms with Crippen molar-refractivity contribution in [2.45, 2.75) is 51.6 Å². The minimum atomic E-state index is -5.08. The zero-order chi connectivity index (χ0) is 20.6. The molecule has 5 nitrogen and oxygen atoms in total. The second-order valence-corrected chi connectivity index (χ2v) is 7.58. The number of hydrogen-bond donors (Lipinski definition) is 1. The van der Waals surface area contributed by atoms with E-state index in [1.807, 2.05) is 0 Å². The fraction of sp³-hybridized carbons (Fsp3) is 0.529. The molecule has 0 spiro atoms. The Morgan fingerprint density at radius 1 is 1.37 bits per heavy atom. The maximum Gasteiger partial charge on any atom is 0.438 e. The summed E-state index contributed by atoms with van der Waals surface area (Å²) in [7, 11) is 0. The van der Waals surface area contributed by atoms with Crippen LogP contribution in [0.1, 0.15) is 33.6 Å². The van der Waals surface area contributed by atoms with Gasteiger partial charge < -0.3 is 9.84 Å². The molecule has 0 aromatic heterocycles. The maximum atomic E-state index is 13.5. The maximum absolute atomic E-state index is 13.5. The van der Waals surface area contributed by atoms with Crippen molar-refractivity contribution in [3.8, 4) is 5.75 Å². The lowest BCUT2D eigenvalue weighted by Gasteiger charge is -2.33. The number of carbonyl (C=O) groups is 1. The van der Waals surface area contributed by atoms with Gasteiger partial charge in [-0.2, -0.15) is 23.3 Å². The number of aliphatic hydroxyl groups is 1. The van der Waals surface area contributed by atoms with Gasteiger partial charge >= 0.3 is 6.18 Å². The molecule has 2 rings (SSSR count). The quantitative estimate of drug-likeness (QED) is 0.745. The Labute approximate surface area is 164 Å². The third-order valence-corrected chi connectivity index (χ3v) is 4.42. The van der Waals surface area contributed by atoms with E-state index < -0.39 is 30.3 Å². The minimum absolute atomic E-state index is 0.0119. The van der Waals surface area contributed by atoms with E-state index in [4.69, 9.17) is 27.9 Å². The van der Waals surface area contributed by atoms with Gasteiger partial charge in [0.15, 0.2) is 6.10 Å². The van der Waals surface area contributed by atoms with Crippen molar-refractivity contribution in [2.24, 2.45) is 11.0 Å². The van der Waals surface area contributed by atoms with Gasteiger partial charge in [0.25, 0.3) is 11.6 Å². The van der Waals surface area contributed by atoms with Crippen LogP contribution in [0.5, 0.6) is 5.75 Å². The molecule has 150 valence electrons. The van der Waals surface area contributed by atoms with E-state index in [-0.39, 0.29) is 33.8 Å². The molecular weight excluding hydrogens is 408 g/mol. The first-order valence-corrected chi connectivity index (χ1v) is 8.92. The molecule has 0 bridgehead atoms. The fourth-order valence-corrected chi connectivity index (χ4v) is 3.09. The van der Waals surface area contributed by atoms with Gasteiger partial charge in [0.05, 0.1) is 5.02 Å². The molecule has 1 aromatic carbocycles. The molecule has 0 aliphatic carbocycles. The molecule has 2 unspecified atom stereocenters. The summed E-state index contributed by atoms with van der Waals surface area (Å²) in [6.07, 6.45) is -7.03. The van der Waals surface area contributed by atoms with Gasteiger partial charge in [-0.15, -0.1) is 0 Å². The van der Waals surface area contributed by atoms with Crippen LogP contribution in [-0.2, 0) is 4.79 Å². The van der Waals surface area contributed by atoms with Gasteiger partial charge in [-0.05, 0) is 37.5 Å². The Hall–Kier alpha value is -1.51. The van der Waals surface area contributed by atoms with Crippen molar-refractivity contribution >= 4 is 34.8 Å². The van der Waals surface area contributed by atoms with E-state index in [9.17, 15) is 23.1 Å². The number of nitrogens with zero attached hydrogens (tertiary/aromatic N) is 2. The molecule has 1 aliphatic heterocycles. The highest BCUT2D eigenvalue weighted by Gasteiger charge is 2.63. The third-order valence-electron chi connectivity index (χ3n) is 3.89. The Morgan fingerprint density at radius 2 is 2.00 bits per heavy atom. The third kappa shape index (κ3) is 4.67. The second kappa shape index (κ2) is 7.85. The Bertz CT molecular complexity index is 755. The Kier molecular flexibility index (Phi) is 6.33. The summed E-state index contributed by atoms with van der Waals surface area (Å²) >= 11 is 11.7. The number of carbonyl (C=O) groups excluding carboxylic acids is 1. The summed E-state index contributed by atoms with van der Waals surface area (Å²) < 4.78 is 45.8. The van der Waals surface area contributed by atoms with E-state index in [2.05, 4.69) is 5.10 Å². The topological polar surface area (TPSA) is 62.1 Å². The van der Waals surface area contributed by atoms with Crippen LogP contribution < -0.4 is 4.74 Å². The van der Waals surface area contributed by atoms with Crippen molar-refractivity contribution < 1.29 is 27.8 Å². The van der Waals surface area contributed by atoms with Crippen LogP contribution in [0.4, 0.5) is 13.2 Å². The highest BCUT2D eigenvalue weighted by molar-refractivity contribution is 6.35. The smallest absolute Gasteiger partial charge is 0.438 e. The van der Waals surface area contributed by atoms with E-state index in [0.29, 0.717) is 5.02 Å². The first kappa shape index (κ1) is 21.8. The molecule has 10 heteroatoms. The molecule has 27 heavy (non-hydrogen) atoms. The first-order chi connectivity index (χ1) is 12.3. The van der Waals surface area contributed by atoms with Gasteiger partial charge in [0.2, 0.25) is 0 Å². The van der Waals surface area contributed by atoms with Gasteiger partial charge in [-0.3, -0.25) is 4.79 Å². The molecule has 0 fully saturated rings. The number of halogens is 5. The summed E-state index contributed by atoms with van der Waals surface area (Å²) in [5, 5.41) is 14.5. The number of ether oxygens (including phenoxy) is 1. The molecule has 0 saturated heterocycles. The van der Waals surface area contributed by atoms with Crippen molar-refractivity contribution in [1.82, 2.24) is 5.01 Å². The molecule has 0 saturated carbocycles. The lowest BCUT2D eigenvalue weighted by Crippen LogP contribution is -2.58. The lowest BCUT2D eigenvalue weighted by molar-refractivity contribution is -0.303. The molecule has 1 aromatic rings. The molecule has 1 amide bonds. The number of hydrogen-bond acceptors (Lipinski definition) is 4. The van der Waals surface area contributed by atoms with Crippen LogP contribution in [-0.4, -0.2) is 39.7 Å². The molecule has 2 atom stereocenters. The molecule has 1 aliphatic rings. The van der Waals surface area contributed by atoms with Crippen LogP contribution in [0.25, 0.3) is 0 Å². The highest BCUT2D eigenvalue weighted by atomic mass is 35.5. The zero-order valence-corrected chi connectivity index (χ0v) is 16.4. The van der Waals surface area contributed by atoms with Crippen molar-refractivity contribution in [2.75, 3.05) is 0 Å². The van der Waals surface area contributed by atoms with E-state index in [1.165, 1.54) is 25.1 Å². The number of hydrazone groups is 1. The van der Waals surface area contributed by atoms with Crippen LogP contribution in [0.15, 0.2) is 23.3 Å². The van der Waals surface area contributed by atoms with Crippen molar-refractivity contribution in [3.05, 3.63) is 28.2 Å². The molecule has 0 radical (unpaired) electrons. The summed E-state index contributed by atoms with van der Waals surface area (Å²) in [4.78, 5) is 12.6. The largest absolute Gasteiger partial charge is 0.479 e. The van der Waals surface area contributed by atoms with Gasteiger partial charge in [0, 0.05) is 17.2 Å². The van der Waals surface area contributed by atoms with Crippen LogP contribution >= 0.6 is 23.2 Å². The number of amides is 1.